The van der Waals surface area contributed by atoms with Gasteiger partial charge in [0.1, 0.15) is 0 Å². The largest absolute Gasteiger partial charge is 0.381 e. The molecule has 3 nitrogen and oxygen atoms in total. The second-order valence-electron chi connectivity index (χ2n) is 3.62. The quantitative estimate of drug-likeness (QED) is 0.686. The predicted octanol–water partition coefficient (Wildman–Crippen LogP) is 0.924. The topological polar surface area (TPSA) is 52.3 Å². The minimum absolute atomic E-state index is 0.00306. The van der Waals surface area contributed by atoms with Crippen LogP contribution in [-0.2, 0) is 9.53 Å². The zero-order valence-electron chi connectivity index (χ0n) is 7.58. The van der Waals surface area contributed by atoms with Crippen molar-refractivity contribution >= 4 is 5.91 Å². The molecule has 0 aliphatic carbocycles. The standard InChI is InChI=1S/C9H17NO2/c1-7(9(10)11)5-8-3-2-4-12-6-8/h7-8H,2-6H2,1H3,(H2,10,11)/t7?,8-/m0/s1. The summed E-state index contributed by atoms with van der Waals surface area (Å²) in [7, 11) is 0. The van der Waals surface area contributed by atoms with E-state index in [1.807, 2.05) is 6.92 Å². The second kappa shape index (κ2) is 4.45. The lowest BCUT2D eigenvalue weighted by molar-refractivity contribution is -0.122. The summed E-state index contributed by atoms with van der Waals surface area (Å²) < 4.78 is 5.31. The SMILES string of the molecule is CC(C[C@@H]1CCCOC1)C(N)=O. The maximum atomic E-state index is 10.8. The van der Waals surface area contributed by atoms with Gasteiger partial charge in [-0.2, -0.15) is 0 Å². The van der Waals surface area contributed by atoms with Gasteiger partial charge < -0.3 is 10.5 Å². The van der Waals surface area contributed by atoms with Crippen molar-refractivity contribution in [1.82, 2.24) is 0 Å². The highest BCUT2D eigenvalue weighted by Crippen LogP contribution is 2.21. The summed E-state index contributed by atoms with van der Waals surface area (Å²) >= 11 is 0. The van der Waals surface area contributed by atoms with Gasteiger partial charge in [-0.25, -0.2) is 0 Å². The van der Waals surface area contributed by atoms with Crippen LogP contribution < -0.4 is 5.73 Å². The van der Waals surface area contributed by atoms with Gasteiger partial charge in [-0.1, -0.05) is 6.92 Å². The van der Waals surface area contributed by atoms with Crippen molar-refractivity contribution in [3.05, 3.63) is 0 Å². The van der Waals surface area contributed by atoms with Gasteiger partial charge in [0, 0.05) is 19.1 Å². The molecule has 1 aliphatic heterocycles. The van der Waals surface area contributed by atoms with Crippen molar-refractivity contribution in [2.24, 2.45) is 17.6 Å². The summed E-state index contributed by atoms with van der Waals surface area (Å²) in [4.78, 5) is 10.8. The first kappa shape index (κ1) is 9.52. The van der Waals surface area contributed by atoms with E-state index >= 15 is 0 Å². The average molecular weight is 171 g/mol. The molecule has 2 atom stereocenters. The molecule has 1 fully saturated rings. The molecule has 3 heteroatoms. The highest BCUT2D eigenvalue weighted by molar-refractivity contribution is 5.76. The van der Waals surface area contributed by atoms with Gasteiger partial charge in [-0.05, 0) is 25.2 Å². The molecule has 0 bridgehead atoms. The normalized spacial score (nSPS) is 26.6. The monoisotopic (exact) mass is 171 g/mol. The Balaban J connectivity index is 2.24. The number of carbonyl (C=O) groups is 1. The molecule has 1 unspecified atom stereocenters. The zero-order chi connectivity index (χ0) is 8.97. The molecule has 2 N–H and O–H groups in total. The number of hydrogen-bond acceptors (Lipinski definition) is 2. The van der Waals surface area contributed by atoms with E-state index in [9.17, 15) is 4.79 Å². The van der Waals surface area contributed by atoms with Crippen molar-refractivity contribution in [2.45, 2.75) is 26.2 Å². The highest BCUT2D eigenvalue weighted by Gasteiger charge is 2.19. The first-order valence-corrected chi connectivity index (χ1v) is 4.57. The van der Waals surface area contributed by atoms with Crippen molar-refractivity contribution in [3.63, 3.8) is 0 Å². The molecule has 1 heterocycles. The molecular formula is C9H17NO2. The number of amides is 1. The van der Waals surface area contributed by atoms with Gasteiger partial charge in [0.15, 0.2) is 0 Å². The lowest BCUT2D eigenvalue weighted by Gasteiger charge is -2.23. The minimum Gasteiger partial charge on any atom is -0.381 e. The number of hydrogen-bond donors (Lipinski definition) is 1. The van der Waals surface area contributed by atoms with Gasteiger partial charge in [0.25, 0.3) is 0 Å². The van der Waals surface area contributed by atoms with Crippen LogP contribution in [0.4, 0.5) is 0 Å². The van der Waals surface area contributed by atoms with Gasteiger partial charge in [-0.3, -0.25) is 4.79 Å². The summed E-state index contributed by atoms with van der Waals surface area (Å²) in [6, 6.07) is 0. The van der Waals surface area contributed by atoms with Gasteiger partial charge in [0.2, 0.25) is 5.91 Å². The molecule has 12 heavy (non-hydrogen) atoms. The molecule has 0 radical (unpaired) electrons. The second-order valence-corrected chi connectivity index (χ2v) is 3.62. The number of rotatable bonds is 3. The van der Waals surface area contributed by atoms with Crippen LogP contribution in [0.1, 0.15) is 26.2 Å². The Labute approximate surface area is 73.3 Å². The lowest BCUT2D eigenvalue weighted by Crippen LogP contribution is -2.26. The van der Waals surface area contributed by atoms with E-state index in [1.54, 1.807) is 0 Å². The van der Waals surface area contributed by atoms with Crippen molar-refractivity contribution in [2.75, 3.05) is 13.2 Å². The Kier molecular flexibility index (Phi) is 3.53. The molecule has 1 rings (SSSR count). The summed E-state index contributed by atoms with van der Waals surface area (Å²) in [5.74, 6) is 0.346. The number of ether oxygens (including phenoxy) is 1. The smallest absolute Gasteiger partial charge is 0.220 e. The Morgan fingerprint density at radius 1 is 1.75 bits per heavy atom. The van der Waals surface area contributed by atoms with Crippen LogP contribution in [0.25, 0.3) is 0 Å². The van der Waals surface area contributed by atoms with E-state index in [2.05, 4.69) is 0 Å². The molecule has 1 amide bonds. The molecule has 1 aliphatic rings. The third-order valence-electron chi connectivity index (χ3n) is 2.43. The molecule has 1 saturated heterocycles. The van der Waals surface area contributed by atoms with E-state index < -0.39 is 0 Å². The van der Waals surface area contributed by atoms with Gasteiger partial charge >= 0.3 is 0 Å². The number of nitrogens with two attached hydrogens (primary N) is 1. The summed E-state index contributed by atoms with van der Waals surface area (Å²) in [5.41, 5.74) is 5.17. The van der Waals surface area contributed by atoms with Crippen LogP contribution in [0.5, 0.6) is 0 Å². The fourth-order valence-electron chi connectivity index (χ4n) is 1.61. The molecular weight excluding hydrogens is 154 g/mol. The minimum atomic E-state index is -0.194. The maximum Gasteiger partial charge on any atom is 0.220 e. The third kappa shape index (κ3) is 2.81. The van der Waals surface area contributed by atoms with Crippen molar-refractivity contribution < 1.29 is 9.53 Å². The highest BCUT2D eigenvalue weighted by atomic mass is 16.5. The third-order valence-corrected chi connectivity index (χ3v) is 2.43. The van der Waals surface area contributed by atoms with E-state index in [4.69, 9.17) is 10.5 Å². The first-order valence-electron chi connectivity index (χ1n) is 4.57. The van der Waals surface area contributed by atoms with Gasteiger partial charge in [-0.15, -0.1) is 0 Å². The number of primary amides is 1. The molecule has 0 aromatic carbocycles. The summed E-state index contributed by atoms with van der Waals surface area (Å²) in [6.07, 6.45) is 3.18. The fraction of sp³-hybridized carbons (Fsp3) is 0.889. The fourth-order valence-corrected chi connectivity index (χ4v) is 1.61. The Hall–Kier alpha value is -0.570. The van der Waals surface area contributed by atoms with E-state index in [1.165, 1.54) is 6.42 Å². The Morgan fingerprint density at radius 2 is 2.50 bits per heavy atom. The zero-order valence-corrected chi connectivity index (χ0v) is 7.58. The molecule has 0 aromatic heterocycles. The van der Waals surface area contributed by atoms with E-state index in [0.717, 1.165) is 26.1 Å². The van der Waals surface area contributed by atoms with Crippen molar-refractivity contribution in [3.8, 4) is 0 Å². The maximum absolute atomic E-state index is 10.8. The Morgan fingerprint density at radius 3 is 3.00 bits per heavy atom. The first-order chi connectivity index (χ1) is 5.70. The van der Waals surface area contributed by atoms with Crippen LogP contribution in [-0.4, -0.2) is 19.1 Å². The van der Waals surface area contributed by atoms with Crippen molar-refractivity contribution in [1.29, 1.82) is 0 Å². The van der Waals surface area contributed by atoms with Crippen LogP contribution in [0.3, 0.4) is 0 Å². The average Bonchev–Trinajstić information content (AvgIpc) is 2.06. The lowest BCUT2D eigenvalue weighted by atomic mass is 9.91. The Bertz CT molecular complexity index is 153. The summed E-state index contributed by atoms with van der Waals surface area (Å²) in [6.45, 7) is 3.57. The molecule has 70 valence electrons. The van der Waals surface area contributed by atoms with E-state index in [-0.39, 0.29) is 11.8 Å². The molecule has 0 aromatic rings. The molecule has 0 saturated carbocycles. The van der Waals surface area contributed by atoms with Crippen LogP contribution in [0.15, 0.2) is 0 Å². The van der Waals surface area contributed by atoms with Crippen LogP contribution >= 0.6 is 0 Å². The van der Waals surface area contributed by atoms with Crippen LogP contribution in [0.2, 0.25) is 0 Å². The predicted molar refractivity (Wildman–Crippen MR) is 46.5 cm³/mol. The molecule has 0 spiro atoms. The van der Waals surface area contributed by atoms with E-state index in [0.29, 0.717) is 5.92 Å². The number of carbonyl (C=O) groups excluding carboxylic acids is 1. The van der Waals surface area contributed by atoms with Gasteiger partial charge in [0.05, 0.1) is 0 Å². The van der Waals surface area contributed by atoms with Crippen LogP contribution in [0, 0.1) is 11.8 Å². The summed E-state index contributed by atoms with van der Waals surface area (Å²) in [5, 5.41) is 0.